The first kappa shape index (κ1) is 12.0. The van der Waals surface area contributed by atoms with E-state index in [1.54, 1.807) is 0 Å². The van der Waals surface area contributed by atoms with E-state index >= 15 is 0 Å². The van der Waals surface area contributed by atoms with Crippen LogP contribution in [0, 0.1) is 0 Å². The molecule has 0 aliphatic carbocycles. The van der Waals surface area contributed by atoms with Gasteiger partial charge in [0.2, 0.25) is 6.79 Å². The molecule has 0 N–H and O–H groups in total. The van der Waals surface area contributed by atoms with Crippen molar-refractivity contribution >= 4 is 0 Å². The van der Waals surface area contributed by atoms with Crippen molar-refractivity contribution in [2.75, 3.05) is 6.79 Å². The van der Waals surface area contributed by atoms with Crippen molar-refractivity contribution in [3.05, 3.63) is 35.9 Å². The molecule has 17 heavy (non-hydrogen) atoms. The van der Waals surface area contributed by atoms with Gasteiger partial charge in [0.25, 0.3) is 0 Å². The van der Waals surface area contributed by atoms with E-state index in [1.165, 1.54) is 31.2 Å². The van der Waals surface area contributed by atoms with Crippen molar-refractivity contribution in [1.82, 2.24) is 0 Å². The largest absolute Gasteiger partial charge is 0.454 e. The Morgan fingerprint density at radius 3 is 2.88 bits per heavy atom. The number of hydrogen-bond acceptors (Lipinski definition) is 2. The molecular weight excluding hydrogens is 212 g/mol. The van der Waals surface area contributed by atoms with Gasteiger partial charge in [-0.05, 0) is 37.0 Å². The van der Waals surface area contributed by atoms with Gasteiger partial charge in [-0.1, -0.05) is 38.0 Å². The smallest absolute Gasteiger partial charge is 0.231 e. The molecule has 0 spiro atoms. The van der Waals surface area contributed by atoms with E-state index < -0.39 is 0 Å². The predicted molar refractivity (Wildman–Crippen MR) is 69.6 cm³/mol. The molecule has 1 aromatic rings. The maximum atomic E-state index is 5.35. The van der Waals surface area contributed by atoms with Crippen molar-refractivity contribution in [2.45, 2.75) is 39.0 Å². The van der Waals surface area contributed by atoms with Gasteiger partial charge in [0.1, 0.15) is 0 Å². The minimum Gasteiger partial charge on any atom is -0.454 e. The van der Waals surface area contributed by atoms with Crippen LogP contribution in [0.15, 0.2) is 30.4 Å². The average Bonchev–Trinajstić information content (AvgIpc) is 2.81. The Balaban J connectivity index is 1.79. The number of fused-ring (bicyclic) bond motifs is 1. The summed E-state index contributed by atoms with van der Waals surface area (Å²) < 4.78 is 10.6. The Kier molecular flexibility index (Phi) is 4.48. The quantitative estimate of drug-likeness (QED) is 0.543. The molecule has 1 aliphatic rings. The fourth-order valence-corrected chi connectivity index (χ4v) is 1.92. The molecule has 92 valence electrons. The van der Waals surface area contributed by atoms with E-state index in [4.69, 9.17) is 9.47 Å². The third kappa shape index (κ3) is 3.52. The SMILES string of the molecule is CCCCC/C=C/Cc1ccc2c(c1)OCO2. The summed E-state index contributed by atoms with van der Waals surface area (Å²) in [6, 6.07) is 6.16. The fraction of sp³-hybridized carbons (Fsp3) is 0.467. The lowest BCUT2D eigenvalue weighted by atomic mass is 10.1. The first-order valence-electron chi connectivity index (χ1n) is 6.43. The van der Waals surface area contributed by atoms with E-state index in [9.17, 15) is 0 Å². The Labute approximate surface area is 103 Å². The normalized spacial score (nSPS) is 13.5. The van der Waals surface area contributed by atoms with Crippen LogP contribution in [0.25, 0.3) is 0 Å². The summed E-state index contributed by atoms with van der Waals surface area (Å²) in [7, 11) is 0. The van der Waals surface area contributed by atoms with Gasteiger partial charge in [-0.15, -0.1) is 0 Å². The van der Waals surface area contributed by atoms with Crippen LogP contribution < -0.4 is 9.47 Å². The minimum atomic E-state index is 0.353. The van der Waals surface area contributed by atoms with Gasteiger partial charge >= 0.3 is 0 Å². The molecular formula is C15H20O2. The van der Waals surface area contributed by atoms with Crippen molar-refractivity contribution in [2.24, 2.45) is 0 Å². The molecule has 0 atom stereocenters. The number of unbranched alkanes of at least 4 members (excludes halogenated alkanes) is 3. The van der Waals surface area contributed by atoms with Crippen molar-refractivity contribution in [3.8, 4) is 11.5 Å². The summed E-state index contributed by atoms with van der Waals surface area (Å²) in [5.74, 6) is 1.74. The topological polar surface area (TPSA) is 18.5 Å². The Morgan fingerprint density at radius 2 is 2.00 bits per heavy atom. The molecule has 0 saturated heterocycles. The van der Waals surface area contributed by atoms with Gasteiger partial charge in [-0.3, -0.25) is 0 Å². The maximum absolute atomic E-state index is 5.35. The van der Waals surface area contributed by atoms with Crippen molar-refractivity contribution in [1.29, 1.82) is 0 Å². The van der Waals surface area contributed by atoms with Crippen LogP contribution >= 0.6 is 0 Å². The van der Waals surface area contributed by atoms with Crippen LogP contribution in [0.3, 0.4) is 0 Å². The first-order chi connectivity index (χ1) is 8.40. The second-order valence-electron chi connectivity index (χ2n) is 4.36. The molecule has 0 aromatic heterocycles. The third-order valence-corrected chi connectivity index (χ3v) is 2.93. The number of hydrogen-bond donors (Lipinski definition) is 0. The van der Waals surface area contributed by atoms with Gasteiger partial charge in [-0.25, -0.2) is 0 Å². The molecule has 1 aromatic carbocycles. The average molecular weight is 232 g/mol. The monoisotopic (exact) mass is 232 g/mol. The van der Waals surface area contributed by atoms with Crippen molar-refractivity contribution in [3.63, 3.8) is 0 Å². The number of rotatable bonds is 6. The Bertz CT molecular complexity index is 383. The number of allylic oxidation sites excluding steroid dienone is 2. The second kappa shape index (κ2) is 6.33. The predicted octanol–water partition coefficient (Wildman–Crippen LogP) is 4.09. The fourth-order valence-electron chi connectivity index (χ4n) is 1.92. The van der Waals surface area contributed by atoms with Gasteiger partial charge in [-0.2, -0.15) is 0 Å². The lowest BCUT2D eigenvalue weighted by Crippen LogP contribution is -1.92. The highest BCUT2D eigenvalue weighted by Gasteiger charge is 2.12. The van der Waals surface area contributed by atoms with Crippen LogP contribution in [0.5, 0.6) is 11.5 Å². The third-order valence-electron chi connectivity index (χ3n) is 2.93. The zero-order valence-electron chi connectivity index (χ0n) is 10.4. The summed E-state index contributed by atoms with van der Waals surface area (Å²) in [5.41, 5.74) is 1.28. The van der Waals surface area contributed by atoms with Gasteiger partial charge in [0, 0.05) is 0 Å². The molecule has 0 saturated carbocycles. The zero-order valence-corrected chi connectivity index (χ0v) is 10.4. The lowest BCUT2D eigenvalue weighted by molar-refractivity contribution is 0.174. The van der Waals surface area contributed by atoms with E-state index in [0.717, 1.165) is 17.9 Å². The standard InChI is InChI=1S/C15H20O2/c1-2-3-4-5-6-7-8-13-9-10-14-15(11-13)17-12-16-14/h6-7,9-11H,2-5,8,12H2,1H3/b7-6+. The first-order valence-corrected chi connectivity index (χ1v) is 6.43. The Morgan fingerprint density at radius 1 is 1.12 bits per heavy atom. The van der Waals surface area contributed by atoms with Crippen LogP contribution in [-0.2, 0) is 6.42 Å². The number of benzene rings is 1. The van der Waals surface area contributed by atoms with E-state index in [0.29, 0.717) is 6.79 Å². The Hall–Kier alpha value is -1.44. The van der Waals surface area contributed by atoms with Crippen molar-refractivity contribution < 1.29 is 9.47 Å². The zero-order chi connectivity index (χ0) is 11.9. The van der Waals surface area contributed by atoms with Crippen LogP contribution in [0.2, 0.25) is 0 Å². The second-order valence-corrected chi connectivity index (χ2v) is 4.36. The molecule has 1 heterocycles. The minimum absolute atomic E-state index is 0.353. The molecule has 0 unspecified atom stereocenters. The molecule has 1 aliphatic heterocycles. The van der Waals surface area contributed by atoms with Gasteiger partial charge in [0.15, 0.2) is 11.5 Å². The van der Waals surface area contributed by atoms with Crippen LogP contribution in [-0.4, -0.2) is 6.79 Å². The molecule has 2 heteroatoms. The molecule has 0 fully saturated rings. The van der Waals surface area contributed by atoms with E-state index in [2.05, 4.69) is 31.2 Å². The van der Waals surface area contributed by atoms with E-state index in [-0.39, 0.29) is 0 Å². The van der Waals surface area contributed by atoms with Gasteiger partial charge in [0.05, 0.1) is 0 Å². The summed E-state index contributed by atoms with van der Waals surface area (Å²) in [5, 5.41) is 0. The van der Waals surface area contributed by atoms with E-state index in [1.807, 2.05) is 6.07 Å². The molecule has 0 bridgehead atoms. The summed E-state index contributed by atoms with van der Waals surface area (Å²) in [6.07, 6.45) is 10.6. The molecule has 0 amide bonds. The number of ether oxygens (including phenoxy) is 2. The highest BCUT2D eigenvalue weighted by molar-refractivity contribution is 5.44. The molecule has 2 rings (SSSR count). The highest BCUT2D eigenvalue weighted by atomic mass is 16.7. The molecule has 2 nitrogen and oxygen atoms in total. The van der Waals surface area contributed by atoms with Gasteiger partial charge < -0.3 is 9.47 Å². The lowest BCUT2D eigenvalue weighted by Gasteiger charge is -1.99. The maximum Gasteiger partial charge on any atom is 0.231 e. The summed E-state index contributed by atoms with van der Waals surface area (Å²) in [6.45, 7) is 2.59. The molecule has 0 radical (unpaired) electrons. The highest BCUT2D eigenvalue weighted by Crippen LogP contribution is 2.32. The summed E-state index contributed by atoms with van der Waals surface area (Å²) >= 11 is 0. The van der Waals surface area contributed by atoms with Crippen LogP contribution in [0.4, 0.5) is 0 Å². The van der Waals surface area contributed by atoms with Crippen LogP contribution in [0.1, 0.15) is 38.2 Å². The summed E-state index contributed by atoms with van der Waals surface area (Å²) in [4.78, 5) is 0.